The molecular formula is C15H11Cl2NO3S. The van der Waals surface area contributed by atoms with E-state index in [-0.39, 0.29) is 21.8 Å². The molecular weight excluding hydrogens is 345 g/mol. The van der Waals surface area contributed by atoms with E-state index in [1.165, 1.54) is 24.1 Å². The standard InChI is InChI=1S/C15H11Cl2NO3S/c1-21-14-10(16)6-9(7-11(14)17)15(19)18-8-22(20)13-5-3-2-4-12(13)18/h2-7H,8H2,1H3. The number of methoxy groups -OCH3 is 1. The van der Waals surface area contributed by atoms with Crippen molar-refractivity contribution in [3.63, 3.8) is 0 Å². The number of anilines is 1. The number of halogens is 2. The third-order valence-corrected chi connectivity index (χ3v) is 5.23. The number of rotatable bonds is 2. The van der Waals surface area contributed by atoms with Crippen molar-refractivity contribution in [1.82, 2.24) is 0 Å². The summed E-state index contributed by atoms with van der Waals surface area (Å²) in [5.74, 6) is 0.148. The maximum Gasteiger partial charge on any atom is 0.262 e. The SMILES string of the molecule is COc1c(Cl)cc(C(=O)N2C[S+]([O-])c3ccccc32)cc1Cl. The minimum atomic E-state index is -1.22. The molecule has 1 atom stereocenters. The largest absolute Gasteiger partial charge is 0.610 e. The second-order valence-electron chi connectivity index (χ2n) is 4.65. The number of hydrogen-bond donors (Lipinski definition) is 0. The molecule has 4 nitrogen and oxygen atoms in total. The van der Waals surface area contributed by atoms with Gasteiger partial charge < -0.3 is 9.29 Å². The van der Waals surface area contributed by atoms with Gasteiger partial charge in [0, 0.05) is 16.7 Å². The van der Waals surface area contributed by atoms with Crippen molar-refractivity contribution >= 4 is 46.0 Å². The van der Waals surface area contributed by atoms with Crippen LogP contribution in [0.2, 0.25) is 10.0 Å². The molecule has 114 valence electrons. The lowest BCUT2D eigenvalue weighted by Gasteiger charge is -2.15. The summed E-state index contributed by atoms with van der Waals surface area (Å²) in [5, 5.41) is 0.513. The molecule has 0 N–H and O–H groups in total. The van der Waals surface area contributed by atoms with Gasteiger partial charge in [-0.15, -0.1) is 0 Å². The number of para-hydroxylation sites is 1. The summed E-state index contributed by atoms with van der Waals surface area (Å²) in [6.07, 6.45) is 0. The molecule has 0 saturated carbocycles. The fourth-order valence-corrected chi connectivity index (χ4v) is 4.24. The predicted octanol–water partition coefficient (Wildman–Crippen LogP) is 3.73. The first-order valence-corrected chi connectivity index (χ1v) is 8.42. The van der Waals surface area contributed by atoms with Gasteiger partial charge in [0.2, 0.25) is 0 Å². The van der Waals surface area contributed by atoms with Crippen molar-refractivity contribution in [3.8, 4) is 5.75 Å². The fourth-order valence-electron chi connectivity index (χ4n) is 2.33. The lowest BCUT2D eigenvalue weighted by atomic mass is 10.1. The van der Waals surface area contributed by atoms with Crippen LogP contribution in [0.15, 0.2) is 41.3 Å². The van der Waals surface area contributed by atoms with Crippen molar-refractivity contribution < 1.29 is 14.1 Å². The molecule has 0 radical (unpaired) electrons. The highest BCUT2D eigenvalue weighted by molar-refractivity contribution is 7.92. The van der Waals surface area contributed by atoms with E-state index in [2.05, 4.69) is 0 Å². The average Bonchev–Trinajstić information content (AvgIpc) is 2.84. The Labute approximate surface area is 140 Å². The molecule has 1 unspecified atom stereocenters. The summed E-state index contributed by atoms with van der Waals surface area (Å²) in [5.41, 5.74) is 0.971. The number of amides is 1. The molecule has 0 bridgehead atoms. The van der Waals surface area contributed by atoms with Crippen LogP contribution in [0, 0.1) is 0 Å². The molecule has 1 aliphatic rings. The summed E-state index contributed by atoms with van der Waals surface area (Å²) in [6, 6.07) is 10.1. The van der Waals surface area contributed by atoms with Crippen LogP contribution in [-0.2, 0) is 11.2 Å². The minimum Gasteiger partial charge on any atom is -0.610 e. The molecule has 2 aromatic carbocycles. The van der Waals surface area contributed by atoms with Crippen LogP contribution in [0.1, 0.15) is 10.4 Å². The van der Waals surface area contributed by atoms with Crippen LogP contribution in [0.25, 0.3) is 0 Å². The first-order valence-electron chi connectivity index (χ1n) is 6.35. The lowest BCUT2D eigenvalue weighted by molar-refractivity contribution is 0.0991. The van der Waals surface area contributed by atoms with E-state index in [1.807, 2.05) is 0 Å². The Morgan fingerprint density at radius 1 is 1.27 bits per heavy atom. The van der Waals surface area contributed by atoms with Crippen LogP contribution in [0.4, 0.5) is 5.69 Å². The molecule has 2 aromatic rings. The second-order valence-corrected chi connectivity index (χ2v) is 6.85. The van der Waals surface area contributed by atoms with Crippen LogP contribution in [-0.4, -0.2) is 23.4 Å². The van der Waals surface area contributed by atoms with Gasteiger partial charge >= 0.3 is 0 Å². The van der Waals surface area contributed by atoms with E-state index in [0.29, 0.717) is 21.9 Å². The summed E-state index contributed by atoms with van der Waals surface area (Å²) in [7, 11) is 1.45. The summed E-state index contributed by atoms with van der Waals surface area (Å²) < 4.78 is 17.2. The zero-order chi connectivity index (χ0) is 15.9. The van der Waals surface area contributed by atoms with E-state index >= 15 is 0 Å². The Morgan fingerprint density at radius 3 is 2.55 bits per heavy atom. The number of ether oxygens (including phenoxy) is 1. The van der Waals surface area contributed by atoms with Crippen LogP contribution < -0.4 is 9.64 Å². The molecule has 0 aromatic heterocycles. The zero-order valence-electron chi connectivity index (χ0n) is 11.5. The van der Waals surface area contributed by atoms with E-state index in [4.69, 9.17) is 27.9 Å². The molecule has 0 saturated heterocycles. The molecule has 0 aliphatic carbocycles. The summed E-state index contributed by atoms with van der Waals surface area (Å²) in [6.45, 7) is 0. The molecule has 0 fully saturated rings. The maximum absolute atomic E-state index is 12.7. The Morgan fingerprint density at radius 2 is 1.91 bits per heavy atom. The van der Waals surface area contributed by atoms with Gasteiger partial charge in [-0.3, -0.25) is 9.69 Å². The van der Waals surface area contributed by atoms with Gasteiger partial charge in [0.1, 0.15) is 5.69 Å². The predicted molar refractivity (Wildman–Crippen MR) is 87.5 cm³/mol. The number of nitrogens with zero attached hydrogens (tertiary/aromatic N) is 1. The molecule has 0 spiro atoms. The van der Waals surface area contributed by atoms with Crippen molar-refractivity contribution in [1.29, 1.82) is 0 Å². The first-order chi connectivity index (χ1) is 10.5. The topological polar surface area (TPSA) is 52.6 Å². The van der Waals surface area contributed by atoms with Crippen molar-refractivity contribution in [2.24, 2.45) is 0 Å². The second kappa shape index (κ2) is 6.01. The number of carbonyl (C=O) groups excluding carboxylic acids is 1. The Kier molecular flexibility index (Phi) is 4.23. The van der Waals surface area contributed by atoms with Gasteiger partial charge in [-0.1, -0.05) is 35.3 Å². The van der Waals surface area contributed by atoms with Crippen LogP contribution >= 0.6 is 23.2 Å². The zero-order valence-corrected chi connectivity index (χ0v) is 13.8. The molecule has 7 heteroatoms. The normalized spacial score (nSPS) is 16.5. The molecule has 1 amide bonds. The Hall–Kier alpha value is -1.40. The monoisotopic (exact) mass is 355 g/mol. The van der Waals surface area contributed by atoms with Crippen LogP contribution in [0.5, 0.6) is 5.75 Å². The Bertz CT molecular complexity index is 730. The Balaban J connectivity index is 1.99. The highest BCUT2D eigenvalue weighted by atomic mass is 35.5. The van der Waals surface area contributed by atoms with E-state index < -0.39 is 11.2 Å². The van der Waals surface area contributed by atoms with Crippen LogP contribution in [0.3, 0.4) is 0 Å². The van der Waals surface area contributed by atoms with Crippen molar-refractivity contribution in [3.05, 3.63) is 52.0 Å². The number of carbonyl (C=O) groups is 1. The number of benzene rings is 2. The van der Waals surface area contributed by atoms with E-state index in [1.54, 1.807) is 24.3 Å². The third-order valence-electron chi connectivity index (χ3n) is 3.34. The summed E-state index contributed by atoms with van der Waals surface area (Å²) in [4.78, 5) is 14.8. The third kappa shape index (κ3) is 2.54. The summed E-state index contributed by atoms with van der Waals surface area (Å²) >= 11 is 10.9. The smallest absolute Gasteiger partial charge is 0.262 e. The van der Waals surface area contributed by atoms with Gasteiger partial charge in [-0.2, -0.15) is 0 Å². The highest BCUT2D eigenvalue weighted by Crippen LogP contribution is 2.37. The quantitative estimate of drug-likeness (QED) is 0.771. The average molecular weight is 356 g/mol. The molecule has 1 aliphatic heterocycles. The maximum atomic E-state index is 12.7. The first kappa shape index (κ1) is 15.5. The van der Waals surface area contributed by atoms with Gasteiger partial charge in [0.05, 0.1) is 17.2 Å². The lowest BCUT2D eigenvalue weighted by Crippen LogP contribution is -2.30. The van der Waals surface area contributed by atoms with Gasteiger partial charge in [-0.05, 0) is 24.3 Å². The molecule has 1 heterocycles. The van der Waals surface area contributed by atoms with Gasteiger partial charge in [0.15, 0.2) is 16.5 Å². The fraction of sp³-hybridized carbons (Fsp3) is 0.133. The highest BCUT2D eigenvalue weighted by Gasteiger charge is 2.35. The van der Waals surface area contributed by atoms with E-state index in [9.17, 15) is 9.35 Å². The van der Waals surface area contributed by atoms with Crippen molar-refractivity contribution in [2.45, 2.75) is 4.90 Å². The molecule has 22 heavy (non-hydrogen) atoms. The number of fused-ring (bicyclic) bond motifs is 1. The molecule has 3 rings (SSSR count). The number of hydrogen-bond acceptors (Lipinski definition) is 3. The van der Waals surface area contributed by atoms with Crippen molar-refractivity contribution in [2.75, 3.05) is 17.9 Å². The van der Waals surface area contributed by atoms with Gasteiger partial charge in [0.25, 0.3) is 5.91 Å². The minimum absolute atomic E-state index is 0.124. The van der Waals surface area contributed by atoms with Gasteiger partial charge in [-0.25, -0.2) is 0 Å². The van der Waals surface area contributed by atoms with E-state index in [0.717, 1.165) is 0 Å².